The number of ether oxygens (including phenoxy) is 1. The van der Waals surface area contributed by atoms with Crippen LogP contribution in [0.3, 0.4) is 0 Å². The summed E-state index contributed by atoms with van der Waals surface area (Å²) in [5.74, 6) is -0.870. The van der Waals surface area contributed by atoms with Gasteiger partial charge in [-0.15, -0.1) is 0 Å². The van der Waals surface area contributed by atoms with Crippen molar-refractivity contribution in [2.75, 3.05) is 13.1 Å². The predicted octanol–water partition coefficient (Wildman–Crippen LogP) is 1.90. The molecule has 0 saturated carbocycles. The average Bonchev–Trinajstić information content (AvgIpc) is 2.87. The Labute approximate surface area is 202 Å². The first-order chi connectivity index (χ1) is 15.7. The number of nitrogens with one attached hydrogen (secondary N) is 2. The van der Waals surface area contributed by atoms with Crippen LogP contribution in [0.5, 0.6) is 0 Å². The number of hydrogen-bond acceptors (Lipinski definition) is 8. The fraction of sp³-hybridized carbons (Fsp3) is 0.696. The number of carbonyl (C=O) groups excluding carboxylic acids is 2. The first-order valence-corrected chi connectivity index (χ1v) is 13.0. The monoisotopic (exact) mass is 498 g/mol. The van der Waals surface area contributed by atoms with Crippen molar-refractivity contribution in [2.45, 2.75) is 83.2 Å². The van der Waals surface area contributed by atoms with E-state index in [9.17, 15) is 23.1 Å². The van der Waals surface area contributed by atoms with Crippen LogP contribution in [0.15, 0.2) is 29.4 Å². The van der Waals surface area contributed by atoms with E-state index in [-0.39, 0.29) is 36.2 Å². The van der Waals surface area contributed by atoms with E-state index < -0.39 is 45.8 Å². The molecule has 192 valence electrons. The molecule has 1 aromatic heterocycles. The van der Waals surface area contributed by atoms with Crippen LogP contribution in [0.4, 0.5) is 4.79 Å². The fourth-order valence-corrected chi connectivity index (χ4v) is 5.47. The Morgan fingerprint density at radius 3 is 2.53 bits per heavy atom. The molecule has 0 aliphatic carbocycles. The Morgan fingerprint density at radius 2 is 1.97 bits per heavy atom. The van der Waals surface area contributed by atoms with E-state index in [1.807, 2.05) is 20.8 Å². The molecular weight excluding hydrogens is 460 g/mol. The molecule has 10 nitrogen and oxygen atoms in total. The minimum atomic E-state index is -4.43. The zero-order valence-electron chi connectivity index (χ0n) is 20.8. The van der Waals surface area contributed by atoms with Crippen LogP contribution >= 0.6 is 0 Å². The van der Waals surface area contributed by atoms with Gasteiger partial charge in [0, 0.05) is 12.7 Å². The number of aliphatic hydroxyl groups excluding tert-OH is 1. The highest BCUT2D eigenvalue weighted by atomic mass is 32.2. The van der Waals surface area contributed by atoms with Gasteiger partial charge in [-0.2, -0.15) is 8.42 Å². The van der Waals surface area contributed by atoms with Gasteiger partial charge in [-0.3, -0.25) is 4.79 Å². The van der Waals surface area contributed by atoms with Crippen LogP contribution < -0.4 is 10.6 Å². The summed E-state index contributed by atoms with van der Waals surface area (Å²) in [4.78, 5) is 30.4. The third-order valence-electron chi connectivity index (χ3n) is 5.31. The Bertz CT molecular complexity index is 933. The van der Waals surface area contributed by atoms with Crippen molar-refractivity contribution in [1.29, 1.82) is 0 Å². The number of β-amino-alcohol motifs (C(OH)–C–C–N with tert-alkyl or cyclic N) is 1. The molecule has 2 heterocycles. The molecule has 1 aliphatic heterocycles. The molecule has 0 bridgehead atoms. The highest BCUT2D eigenvalue weighted by Gasteiger charge is 2.44. The van der Waals surface area contributed by atoms with E-state index in [0.29, 0.717) is 6.54 Å². The van der Waals surface area contributed by atoms with Gasteiger partial charge >= 0.3 is 6.09 Å². The summed E-state index contributed by atoms with van der Waals surface area (Å²) in [6.07, 6.45) is -0.185. The zero-order valence-corrected chi connectivity index (χ0v) is 21.6. The maximum atomic E-state index is 13.9. The predicted molar refractivity (Wildman–Crippen MR) is 127 cm³/mol. The number of nitrogens with zero attached hydrogens (tertiary/aromatic N) is 2. The summed E-state index contributed by atoms with van der Waals surface area (Å²) in [5, 5.41) is 16.2. The lowest BCUT2D eigenvalue weighted by Crippen LogP contribution is -2.58. The largest absolute Gasteiger partial charge is 0.444 e. The Morgan fingerprint density at radius 1 is 1.29 bits per heavy atom. The molecule has 3 N–H and O–H groups in total. The lowest BCUT2D eigenvalue weighted by atomic mass is 9.98. The minimum absolute atomic E-state index is 0.00116. The average molecular weight is 499 g/mol. The van der Waals surface area contributed by atoms with Gasteiger partial charge in [0.2, 0.25) is 0 Å². The SMILES string of the molecule is CC(C)CC(NC(=O)OC(C)(C)C)C(=O)N(C1CC(C)CNC[C@@H]1O)S(=O)(=O)c1ccccn1. The second-order valence-electron chi connectivity index (χ2n) is 10.3. The van der Waals surface area contributed by atoms with Crippen LogP contribution in [0.2, 0.25) is 0 Å². The maximum Gasteiger partial charge on any atom is 0.408 e. The van der Waals surface area contributed by atoms with Gasteiger partial charge in [0.15, 0.2) is 5.03 Å². The molecule has 1 aromatic rings. The number of carbonyl (C=O) groups is 2. The number of rotatable bonds is 7. The number of amides is 2. The first-order valence-electron chi connectivity index (χ1n) is 11.6. The third-order valence-corrected chi connectivity index (χ3v) is 7.05. The normalized spacial score (nSPS) is 22.5. The van der Waals surface area contributed by atoms with E-state index in [1.165, 1.54) is 18.3 Å². The summed E-state index contributed by atoms with van der Waals surface area (Å²) >= 11 is 0. The van der Waals surface area contributed by atoms with Crippen molar-refractivity contribution in [1.82, 2.24) is 19.9 Å². The molecule has 0 radical (unpaired) electrons. The number of hydrogen-bond donors (Lipinski definition) is 3. The lowest BCUT2D eigenvalue weighted by Gasteiger charge is -2.36. The summed E-state index contributed by atoms with van der Waals surface area (Å²) < 4.78 is 33.5. The van der Waals surface area contributed by atoms with E-state index in [1.54, 1.807) is 26.8 Å². The Kier molecular flexibility index (Phi) is 9.44. The van der Waals surface area contributed by atoms with Gasteiger partial charge in [-0.1, -0.05) is 26.8 Å². The summed E-state index contributed by atoms with van der Waals surface area (Å²) in [6, 6.07) is 2.19. The number of pyridine rings is 1. The molecule has 1 aliphatic rings. The summed E-state index contributed by atoms with van der Waals surface area (Å²) in [6.45, 7) is 11.4. The Hall–Kier alpha value is -2.24. The van der Waals surface area contributed by atoms with E-state index in [2.05, 4.69) is 15.6 Å². The van der Waals surface area contributed by atoms with Gasteiger partial charge in [-0.05, 0) is 64.1 Å². The van der Waals surface area contributed by atoms with Crippen LogP contribution in [-0.4, -0.2) is 71.7 Å². The van der Waals surface area contributed by atoms with E-state index in [4.69, 9.17) is 4.74 Å². The number of aliphatic hydroxyl groups is 1. The molecule has 2 amide bonds. The molecule has 1 fully saturated rings. The molecule has 3 unspecified atom stereocenters. The lowest BCUT2D eigenvalue weighted by molar-refractivity contribution is -0.132. The van der Waals surface area contributed by atoms with Gasteiger partial charge in [0.05, 0.1) is 12.1 Å². The van der Waals surface area contributed by atoms with Crippen LogP contribution in [0.1, 0.15) is 54.4 Å². The molecular formula is C23H38N4O6S. The molecule has 2 rings (SSSR count). The van der Waals surface area contributed by atoms with Gasteiger partial charge in [0.1, 0.15) is 11.6 Å². The van der Waals surface area contributed by atoms with Crippen LogP contribution in [0, 0.1) is 11.8 Å². The van der Waals surface area contributed by atoms with Crippen molar-refractivity contribution in [3.05, 3.63) is 24.4 Å². The molecule has 0 aromatic carbocycles. The summed E-state index contributed by atoms with van der Waals surface area (Å²) in [5.41, 5.74) is -0.798. The molecule has 11 heteroatoms. The van der Waals surface area contributed by atoms with Gasteiger partial charge in [-0.25, -0.2) is 14.1 Å². The Balaban J connectivity index is 2.53. The summed E-state index contributed by atoms with van der Waals surface area (Å²) in [7, 11) is -4.43. The highest BCUT2D eigenvalue weighted by molar-refractivity contribution is 7.89. The number of aromatic nitrogens is 1. The first kappa shape index (κ1) is 28.0. The molecule has 34 heavy (non-hydrogen) atoms. The van der Waals surface area contributed by atoms with Crippen molar-refractivity contribution in [3.8, 4) is 0 Å². The minimum Gasteiger partial charge on any atom is -0.444 e. The van der Waals surface area contributed by atoms with E-state index >= 15 is 0 Å². The van der Waals surface area contributed by atoms with Crippen molar-refractivity contribution in [2.24, 2.45) is 11.8 Å². The zero-order chi connectivity index (χ0) is 25.7. The van der Waals surface area contributed by atoms with Gasteiger partial charge < -0.3 is 20.5 Å². The molecule has 0 spiro atoms. The standard InChI is InChI=1S/C23H38N4O6S/c1-15(2)11-17(26-22(30)33-23(4,5)6)21(29)27(18-12-16(3)13-24-14-19(18)28)34(31,32)20-9-7-8-10-25-20/h7-10,15-19,24,28H,11-14H2,1-6H3,(H,26,30)/t16?,17?,18?,19-/m0/s1. The van der Waals surface area contributed by atoms with Crippen LogP contribution in [0.25, 0.3) is 0 Å². The smallest absolute Gasteiger partial charge is 0.408 e. The van der Waals surface area contributed by atoms with Crippen molar-refractivity contribution in [3.63, 3.8) is 0 Å². The second kappa shape index (κ2) is 11.5. The van der Waals surface area contributed by atoms with Gasteiger partial charge in [0.25, 0.3) is 15.9 Å². The highest BCUT2D eigenvalue weighted by Crippen LogP contribution is 2.26. The van der Waals surface area contributed by atoms with Crippen molar-refractivity contribution >= 4 is 22.0 Å². The topological polar surface area (TPSA) is 138 Å². The number of alkyl carbamates (subject to hydrolysis) is 1. The second-order valence-corrected chi connectivity index (χ2v) is 12.0. The molecule has 4 atom stereocenters. The van der Waals surface area contributed by atoms with Crippen LogP contribution in [-0.2, 0) is 19.6 Å². The molecule has 1 saturated heterocycles. The number of sulfonamides is 1. The van der Waals surface area contributed by atoms with E-state index in [0.717, 1.165) is 4.31 Å². The maximum absolute atomic E-state index is 13.9. The van der Waals surface area contributed by atoms with Crippen molar-refractivity contribution < 1.29 is 27.9 Å². The third kappa shape index (κ3) is 7.64. The quantitative estimate of drug-likeness (QED) is 0.518. The fourth-order valence-electron chi connectivity index (χ4n) is 3.88.